The third kappa shape index (κ3) is 4.08. The van der Waals surface area contributed by atoms with Gasteiger partial charge in [0.05, 0.1) is 15.9 Å². The number of benzene rings is 7. The highest BCUT2D eigenvalue weighted by atomic mass is 32.1. The maximum absolute atomic E-state index is 6.49. The molecule has 4 heterocycles. The topological polar surface area (TPSA) is 26.0 Å². The molecule has 0 radical (unpaired) electrons. The predicted molar refractivity (Wildman–Crippen MR) is 211 cm³/mol. The molecule has 7 aromatic carbocycles. The zero-order valence-electron chi connectivity index (χ0n) is 26.1. The van der Waals surface area contributed by atoms with Gasteiger partial charge in [0, 0.05) is 52.2 Å². The summed E-state index contributed by atoms with van der Waals surface area (Å²) < 4.78 is 11.6. The molecule has 49 heavy (non-hydrogen) atoms. The predicted octanol–water partition coefficient (Wildman–Crippen LogP) is 13.9. The van der Waals surface area contributed by atoms with Gasteiger partial charge in [-0.25, -0.2) is 4.98 Å². The largest absolute Gasteiger partial charge is 0.456 e. The summed E-state index contributed by atoms with van der Waals surface area (Å²) in [6.45, 7) is 0. The Morgan fingerprint density at radius 1 is 0.429 bits per heavy atom. The standard InChI is InChI=1S/C45H25NOS2/c1-2-9-26(10-3-1)35-25-37(46-43-34-13-6-7-16-40(34)48-45(35)43)33-14-8-15-39-42(33)36-23-28(19-22-38(36)47-39)29-18-20-31-32-21-17-27-11-4-5-12-30(27)44(32)49-41(31)24-29/h1-25H. The fraction of sp³-hybridized carbons (Fsp3) is 0. The Labute approximate surface area is 289 Å². The first-order valence-corrected chi connectivity index (χ1v) is 18.1. The van der Waals surface area contributed by atoms with Crippen molar-refractivity contribution in [3.05, 3.63) is 152 Å². The lowest BCUT2D eigenvalue weighted by molar-refractivity contribution is 0.669. The highest BCUT2D eigenvalue weighted by Gasteiger charge is 2.19. The molecular formula is C45H25NOS2. The highest BCUT2D eigenvalue weighted by Crippen LogP contribution is 2.45. The van der Waals surface area contributed by atoms with Gasteiger partial charge in [-0.3, -0.25) is 0 Å². The van der Waals surface area contributed by atoms with E-state index in [2.05, 4.69) is 152 Å². The van der Waals surface area contributed by atoms with Crippen molar-refractivity contribution in [1.82, 2.24) is 4.98 Å². The Bertz CT molecular complexity index is 3110. The van der Waals surface area contributed by atoms with Crippen LogP contribution in [-0.4, -0.2) is 4.98 Å². The lowest BCUT2D eigenvalue weighted by atomic mass is 9.97. The van der Waals surface area contributed by atoms with Crippen LogP contribution < -0.4 is 0 Å². The summed E-state index contributed by atoms with van der Waals surface area (Å²) in [5, 5.41) is 8.62. The van der Waals surface area contributed by atoms with Gasteiger partial charge in [0.25, 0.3) is 0 Å². The summed E-state index contributed by atoms with van der Waals surface area (Å²) in [6.07, 6.45) is 0. The van der Waals surface area contributed by atoms with Crippen LogP contribution in [0.2, 0.25) is 0 Å². The summed E-state index contributed by atoms with van der Waals surface area (Å²) >= 11 is 3.70. The zero-order chi connectivity index (χ0) is 32.1. The van der Waals surface area contributed by atoms with Gasteiger partial charge >= 0.3 is 0 Å². The van der Waals surface area contributed by atoms with Gasteiger partial charge in [-0.05, 0) is 63.9 Å². The van der Waals surface area contributed by atoms with Crippen molar-refractivity contribution in [3.8, 4) is 33.5 Å². The Morgan fingerprint density at radius 3 is 2.14 bits per heavy atom. The molecule has 11 aromatic rings. The molecule has 0 aliphatic carbocycles. The first-order chi connectivity index (χ1) is 24.3. The maximum Gasteiger partial charge on any atom is 0.136 e. The summed E-state index contributed by atoms with van der Waals surface area (Å²) in [5.74, 6) is 0. The van der Waals surface area contributed by atoms with Gasteiger partial charge in [-0.1, -0.05) is 115 Å². The number of thiophene rings is 2. The van der Waals surface area contributed by atoms with Crippen molar-refractivity contribution in [2.45, 2.75) is 0 Å². The molecule has 0 saturated carbocycles. The number of aromatic nitrogens is 1. The lowest BCUT2D eigenvalue weighted by Crippen LogP contribution is -1.89. The third-order valence-electron chi connectivity index (χ3n) is 9.88. The Hall–Kier alpha value is -5.81. The van der Waals surface area contributed by atoms with Crippen molar-refractivity contribution < 1.29 is 4.42 Å². The Balaban J connectivity index is 1.12. The second-order valence-corrected chi connectivity index (χ2v) is 14.8. The van der Waals surface area contributed by atoms with Gasteiger partial charge < -0.3 is 4.42 Å². The van der Waals surface area contributed by atoms with Crippen molar-refractivity contribution >= 4 is 95.9 Å². The lowest BCUT2D eigenvalue weighted by Gasteiger charge is -2.09. The van der Waals surface area contributed by atoms with Crippen LogP contribution in [0.1, 0.15) is 0 Å². The number of rotatable bonds is 3. The third-order valence-corrected chi connectivity index (χ3v) is 12.3. The molecule has 0 unspecified atom stereocenters. The van der Waals surface area contributed by atoms with Crippen LogP contribution in [0.5, 0.6) is 0 Å². The normalized spacial score (nSPS) is 12.1. The molecule has 0 aliphatic heterocycles. The van der Waals surface area contributed by atoms with Crippen LogP contribution in [0.15, 0.2) is 156 Å². The molecule has 11 rings (SSSR count). The van der Waals surface area contributed by atoms with Gasteiger partial charge in [-0.2, -0.15) is 0 Å². The molecular weight excluding hydrogens is 635 g/mol. The van der Waals surface area contributed by atoms with Crippen LogP contribution >= 0.6 is 22.7 Å². The Morgan fingerprint density at radius 2 is 1.20 bits per heavy atom. The van der Waals surface area contributed by atoms with E-state index in [-0.39, 0.29) is 0 Å². The molecule has 4 aromatic heterocycles. The minimum absolute atomic E-state index is 0.870. The van der Waals surface area contributed by atoms with Crippen LogP contribution in [0, 0.1) is 0 Å². The van der Waals surface area contributed by atoms with Gasteiger partial charge in [0.2, 0.25) is 0 Å². The highest BCUT2D eigenvalue weighted by molar-refractivity contribution is 7.27. The zero-order valence-corrected chi connectivity index (χ0v) is 27.7. The molecule has 228 valence electrons. The Kier molecular flexibility index (Phi) is 5.74. The number of hydrogen-bond acceptors (Lipinski definition) is 4. The van der Waals surface area contributed by atoms with Crippen molar-refractivity contribution in [1.29, 1.82) is 0 Å². The second kappa shape index (κ2) is 10.3. The van der Waals surface area contributed by atoms with Gasteiger partial charge in [0.15, 0.2) is 0 Å². The van der Waals surface area contributed by atoms with E-state index >= 15 is 0 Å². The van der Waals surface area contributed by atoms with E-state index in [1.54, 1.807) is 0 Å². The summed E-state index contributed by atoms with van der Waals surface area (Å²) in [5.41, 5.74) is 9.60. The van der Waals surface area contributed by atoms with E-state index < -0.39 is 0 Å². The van der Waals surface area contributed by atoms with Gasteiger partial charge in [-0.15, -0.1) is 22.7 Å². The average Bonchev–Trinajstić information content (AvgIpc) is 3.85. The molecule has 2 nitrogen and oxygen atoms in total. The summed E-state index contributed by atoms with van der Waals surface area (Å²) in [7, 11) is 0. The van der Waals surface area contributed by atoms with E-state index in [4.69, 9.17) is 9.40 Å². The summed E-state index contributed by atoms with van der Waals surface area (Å²) in [4.78, 5) is 5.38. The van der Waals surface area contributed by atoms with Crippen molar-refractivity contribution in [3.63, 3.8) is 0 Å². The molecule has 0 fully saturated rings. The van der Waals surface area contributed by atoms with E-state index in [1.165, 1.54) is 68.0 Å². The smallest absolute Gasteiger partial charge is 0.136 e. The van der Waals surface area contributed by atoms with E-state index in [0.29, 0.717) is 0 Å². The number of pyridine rings is 1. The second-order valence-electron chi connectivity index (χ2n) is 12.7. The molecule has 0 spiro atoms. The number of furan rings is 1. The van der Waals surface area contributed by atoms with Crippen molar-refractivity contribution in [2.24, 2.45) is 0 Å². The average molecular weight is 660 g/mol. The SMILES string of the molecule is c1ccc(-c2cc(-c3cccc4oc5ccc(-c6ccc7c(c6)sc6c8ccccc8ccc76)cc5c34)nc3c2sc2ccccc23)cc1. The monoisotopic (exact) mass is 659 g/mol. The van der Waals surface area contributed by atoms with Crippen LogP contribution in [0.3, 0.4) is 0 Å². The minimum atomic E-state index is 0.870. The van der Waals surface area contributed by atoms with Crippen LogP contribution in [-0.2, 0) is 0 Å². The summed E-state index contributed by atoms with van der Waals surface area (Å²) in [6, 6.07) is 54.6. The number of hydrogen-bond donors (Lipinski definition) is 0. The van der Waals surface area contributed by atoms with Crippen molar-refractivity contribution in [2.75, 3.05) is 0 Å². The van der Waals surface area contributed by atoms with Crippen LogP contribution in [0.4, 0.5) is 0 Å². The van der Waals surface area contributed by atoms with Gasteiger partial charge in [0.1, 0.15) is 11.2 Å². The van der Waals surface area contributed by atoms with E-state index in [9.17, 15) is 0 Å². The quantitative estimate of drug-likeness (QED) is 0.189. The molecule has 0 N–H and O–H groups in total. The molecule has 4 heteroatoms. The number of fused-ring (bicyclic) bond motifs is 11. The fourth-order valence-electron chi connectivity index (χ4n) is 7.55. The molecule has 0 atom stereocenters. The first-order valence-electron chi connectivity index (χ1n) is 16.4. The molecule has 0 saturated heterocycles. The fourth-order valence-corrected chi connectivity index (χ4v) is 10.0. The van der Waals surface area contributed by atoms with E-state index in [1.807, 2.05) is 22.7 Å². The first kappa shape index (κ1) is 27.2. The van der Waals surface area contributed by atoms with Crippen LogP contribution in [0.25, 0.3) is 107 Å². The molecule has 0 bridgehead atoms. The molecule has 0 aliphatic rings. The molecule has 0 amide bonds. The number of nitrogens with zero attached hydrogens (tertiary/aromatic N) is 1. The van der Waals surface area contributed by atoms with E-state index in [0.717, 1.165) is 38.7 Å². The minimum Gasteiger partial charge on any atom is -0.456 e. The maximum atomic E-state index is 6.49.